The van der Waals surface area contributed by atoms with Crippen LogP contribution in [0.2, 0.25) is 0 Å². The molecule has 0 heterocycles. The molecule has 0 fully saturated rings. The molecule has 0 spiro atoms. The molecular formula is C12H13F2N3O3. The van der Waals surface area contributed by atoms with E-state index in [1.807, 2.05) is 0 Å². The molecule has 0 aliphatic rings. The molecule has 2 N–H and O–H groups in total. The van der Waals surface area contributed by atoms with Gasteiger partial charge in [-0.2, -0.15) is 5.10 Å². The second kappa shape index (κ2) is 7.95. The SMILES string of the molecule is CCOCC(=O)C(/C=N/O)=N/Nc1ccc(F)c(F)c1. The number of ketones is 1. The van der Waals surface area contributed by atoms with Crippen molar-refractivity contribution in [2.75, 3.05) is 18.6 Å². The second-order valence-corrected chi connectivity index (χ2v) is 3.54. The molecule has 1 aromatic rings. The number of hydrogen-bond acceptors (Lipinski definition) is 6. The highest BCUT2D eigenvalue weighted by molar-refractivity contribution is 6.61. The van der Waals surface area contributed by atoms with Crippen molar-refractivity contribution in [1.82, 2.24) is 0 Å². The van der Waals surface area contributed by atoms with E-state index in [1.165, 1.54) is 6.07 Å². The van der Waals surface area contributed by atoms with Crippen molar-refractivity contribution in [3.8, 4) is 0 Å². The Bertz CT molecular complexity index is 533. The maximum absolute atomic E-state index is 13.0. The predicted octanol–water partition coefficient (Wildman–Crippen LogP) is 1.80. The first-order valence-corrected chi connectivity index (χ1v) is 5.65. The van der Waals surface area contributed by atoms with Crippen molar-refractivity contribution in [3.63, 3.8) is 0 Å². The normalized spacial score (nSPS) is 11.8. The Hall–Kier alpha value is -2.35. The number of hydrogen-bond donors (Lipinski definition) is 2. The molecule has 0 aromatic heterocycles. The number of ether oxygens (including phenoxy) is 1. The first-order chi connectivity index (χ1) is 9.58. The van der Waals surface area contributed by atoms with Gasteiger partial charge in [0.25, 0.3) is 0 Å². The standard InChI is InChI=1S/C12H13F2N3O3/c1-2-20-7-12(18)11(6-15-19)17-16-8-3-4-9(13)10(14)5-8/h3-6,16,19H,2,7H2,1H3/b15-6+,17-11+. The number of rotatable bonds is 7. The number of benzene rings is 1. The molecular weight excluding hydrogens is 272 g/mol. The van der Waals surface area contributed by atoms with E-state index in [-0.39, 0.29) is 18.0 Å². The minimum Gasteiger partial charge on any atom is -0.411 e. The number of nitrogens with one attached hydrogen (secondary N) is 1. The van der Waals surface area contributed by atoms with Crippen LogP contribution in [-0.4, -0.2) is 36.1 Å². The van der Waals surface area contributed by atoms with Crippen molar-refractivity contribution < 1.29 is 23.5 Å². The Labute approximate surface area is 113 Å². The van der Waals surface area contributed by atoms with E-state index in [9.17, 15) is 13.6 Å². The topological polar surface area (TPSA) is 83.3 Å². The number of carbonyl (C=O) groups is 1. The Morgan fingerprint density at radius 3 is 2.80 bits per heavy atom. The molecule has 0 aliphatic carbocycles. The highest BCUT2D eigenvalue weighted by Crippen LogP contribution is 2.12. The van der Waals surface area contributed by atoms with E-state index in [2.05, 4.69) is 15.7 Å². The summed E-state index contributed by atoms with van der Waals surface area (Å²) in [5.74, 6) is -2.58. The lowest BCUT2D eigenvalue weighted by molar-refractivity contribution is -0.116. The number of oxime groups is 1. The summed E-state index contributed by atoms with van der Waals surface area (Å²) < 4.78 is 30.6. The molecule has 0 saturated carbocycles. The van der Waals surface area contributed by atoms with Gasteiger partial charge in [-0.05, 0) is 19.1 Å². The highest BCUT2D eigenvalue weighted by Gasteiger charge is 2.10. The lowest BCUT2D eigenvalue weighted by Gasteiger charge is -2.03. The van der Waals surface area contributed by atoms with Gasteiger partial charge < -0.3 is 9.94 Å². The third-order valence-corrected chi connectivity index (χ3v) is 2.13. The monoisotopic (exact) mass is 285 g/mol. The lowest BCUT2D eigenvalue weighted by atomic mass is 10.3. The number of anilines is 1. The molecule has 0 radical (unpaired) electrons. The summed E-state index contributed by atoms with van der Waals surface area (Å²) in [6.07, 6.45) is 0.814. The summed E-state index contributed by atoms with van der Waals surface area (Å²) in [7, 11) is 0. The Kier molecular flexibility index (Phi) is 6.24. The molecule has 0 saturated heterocycles. The molecule has 1 rings (SSSR count). The van der Waals surface area contributed by atoms with E-state index in [4.69, 9.17) is 9.94 Å². The van der Waals surface area contributed by atoms with Crippen molar-refractivity contribution in [3.05, 3.63) is 29.8 Å². The van der Waals surface area contributed by atoms with Crippen LogP contribution in [0.5, 0.6) is 0 Å². The average Bonchev–Trinajstić information content (AvgIpc) is 2.44. The van der Waals surface area contributed by atoms with E-state index < -0.39 is 17.4 Å². The first-order valence-electron chi connectivity index (χ1n) is 5.65. The van der Waals surface area contributed by atoms with Crippen LogP contribution in [-0.2, 0) is 9.53 Å². The quantitative estimate of drug-likeness (QED) is 0.454. The third-order valence-electron chi connectivity index (χ3n) is 2.13. The molecule has 1 aromatic carbocycles. The first kappa shape index (κ1) is 15.7. The van der Waals surface area contributed by atoms with Crippen LogP contribution in [0.1, 0.15) is 6.92 Å². The summed E-state index contributed by atoms with van der Waals surface area (Å²) in [5.41, 5.74) is 2.28. The van der Waals surface area contributed by atoms with Gasteiger partial charge in [0.15, 0.2) is 17.3 Å². The number of hydrazone groups is 1. The van der Waals surface area contributed by atoms with Crippen molar-refractivity contribution in [1.29, 1.82) is 0 Å². The van der Waals surface area contributed by atoms with Crippen LogP contribution in [0.25, 0.3) is 0 Å². The number of carbonyl (C=O) groups excluding carboxylic acids is 1. The average molecular weight is 285 g/mol. The van der Waals surface area contributed by atoms with Gasteiger partial charge in [0.2, 0.25) is 5.78 Å². The number of nitrogens with zero attached hydrogens (tertiary/aromatic N) is 2. The summed E-state index contributed by atoms with van der Waals surface area (Å²) in [6, 6.07) is 3.03. The van der Waals surface area contributed by atoms with Crippen LogP contribution < -0.4 is 5.43 Å². The largest absolute Gasteiger partial charge is 0.411 e. The van der Waals surface area contributed by atoms with Crippen molar-refractivity contribution in [2.45, 2.75) is 6.92 Å². The zero-order valence-electron chi connectivity index (χ0n) is 10.6. The second-order valence-electron chi connectivity index (χ2n) is 3.54. The zero-order valence-corrected chi connectivity index (χ0v) is 10.6. The van der Waals surface area contributed by atoms with Crippen LogP contribution in [0, 0.1) is 11.6 Å². The van der Waals surface area contributed by atoms with Gasteiger partial charge in [-0.15, -0.1) is 0 Å². The maximum Gasteiger partial charge on any atom is 0.210 e. The minimum atomic E-state index is -1.05. The summed E-state index contributed by atoms with van der Waals surface area (Å²) >= 11 is 0. The Morgan fingerprint density at radius 2 is 2.20 bits per heavy atom. The lowest BCUT2D eigenvalue weighted by Crippen LogP contribution is -2.22. The van der Waals surface area contributed by atoms with Crippen molar-refractivity contribution in [2.24, 2.45) is 10.3 Å². The van der Waals surface area contributed by atoms with Gasteiger partial charge in [0, 0.05) is 12.7 Å². The fourth-order valence-electron chi connectivity index (χ4n) is 1.18. The molecule has 108 valence electrons. The molecule has 6 nitrogen and oxygen atoms in total. The van der Waals surface area contributed by atoms with E-state index in [0.717, 1.165) is 18.3 Å². The van der Waals surface area contributed by atoms with Gasteiger partial charge in [0.1, 0.15) is 6.61 Å². The van der Waals surface area contributed by atoms with Crippen LogP contribution >= 0.6 is 0 Å². The highest BCUT2D eigenvalue weighted by atomic mass is 19.2. The molecule has 0 aliphatic heterocycles. The van der Waals surface area contributed by atoms with Crippen LogP contribution in [0.15, 0.2) is 28.5 Å². The molecule has 0 unspecified atom stereocenters. The number of Topliss-reactive ketones (excluding diaryl/α,β-unsaturated/α-hetero) is 1. The van der Waals surface area contributed by atoms with Crippen molar-refractivity contribution >= 4 is 23.4 Å². The Balaban J connectivity index is 2.81. The Morgan fingerprint density at radius 1 is 1.45 bits per heavy atom. The summed E-state index contributed by atoms with van der Waals surface area (Å²) in [4.78, 5) is 11.6. The van der Waals surface area contributed by atoms with Gasteiger partial charge in [-0.25, -0.2) is 8.78 Å². The van der Waals surface area contributed by atoms with Crippen LogP contribution in [0.4, 0.5) is 14.5 Å². The zero-order chi connectivity index (χ0) is 15.0. The molecule has 0 bridgehead atoms. The maximum atomic E-state index is 13.0. The fourth-order valence-corrected chi connectivity index (χ4v) is 1.18. The predicted molar refractivity (Wildman–Crippen MR) is 69.2 cm³/mol. The van der Waals surface area contributed by atoms with E-state index >= 15 is 0 Å². The van der Waals surface area contributed by atoms with E-state index in [0.29, 0.717) is 6.61 Å². The molecule has 8 heteroatoms. The van der Waals surface area contributed by atoms with E-state index in [1.54, 1.807) is 6.92 Å². The van der Waals surface area contributed by atoms with Gasteiger partial charge in [-0.1, -0.05) is 5.16 Å². The van der Waals surface area contributed by atoms with Gasteiger partial charge >= 0.3 is 0 Å². The third kappa shape index (κ3) is 4.73. The summed E-state index contributed by atoms with van der Waals surface area (Å²) in [6.45, 7) is 1.82. The van der Waals surface area contributed by atoms with Gasteiger partial charge in [0.05, 0.1) is 11.9 Å². The molecule has 0 atom stereocenters. The smallest absolute Gasteiger partial charge is 0.210 e. The molecule has 0 amide bonds. The summed E-state index contributed by atoms with van der Waals surface area (Å²) in [5, 5.41) is 14.8. The molecule has 20 heavy (non-hydrogen) atoms. The minimum absolute atomic E-state index is 0.136. The fraction of sp³-hybridized carbons (Fsp3) is 0.250. The number of halogens is 2. The van der Waals surface area contributed by atoms with Crippen LogP contribution in [0.3, 0.4) is 0 Å². The van der Waals surface area contributed by atoms with Gasteiger partial charge in [-0.3, -0.25) is 10.2 Å².